The van der Waals surface area contributed by atoms with Gasteiger partial charge in [-0.3, -0.25) is 4.57 Å². The Hall–Kier alpha value is -0.710. The minimum Gasteiger partial charge on any atom is -0.310 e. The molecule has 0 N–H and O–H groups in total. The van der Waals surface area contributed by atoms with Crippen molar-refractivity contribution in [1.82, 2.24) is 0 Å². The van der Waals surface area contributed by atoms with Crippen molar-refractivity contribution in [3.8, 4) is 0 Å². The topological polar surface area (TPSA) is 54.0 Å². The van der Waals surface area contributed by atoms with Crippen LogP contribution in [0.5, 0.6) is 0 Å². The molecule has 0 aromatic heterocycles. The van der Waals surface area contributed by atoms with E-state index in [0.29, 0.717) is 0 Å². The quantitative estimate of drug-likeness (QED) is 0.435. The van der Waals surface area contributed by atoms with Crippen LogP contribution in [0, 0.1) is 0 Å². The van der Waals surface area contributed by atoms with Crippen LogP contribution in [0.2, 0.25) is 0 Å². The van der Waals surface area contributed by atoms with E-state index in [1.807, 2.05) is 44.2 Å². The zero-order valence-electron chi connectivity index (χ0n) is 12.0. The molecule has 0 bridgehead atoms. The fourth-order valence-corrected chi connectivity index (χ4v) is 2.39. The van der Waals surface area contributed by atoms with Crippen LogP contribution in [0.3, 0.4) is 0 Å². The van der Waals surface area contributed by atoms with Crippen molar-refractivity contribution >= 4 is 7.60 Å². The van der Waals surface area contributed by atoms with Crippen LogP contribution in [0.1, 0.15) is 26.3 Å². The van der Waals surface area contributed by atoms with Gasteiger partial charge in [0.25, 0.3) is 0 Å². The van der Waals surface area contributed by atoms with Gasteiger partial charge in [-0.05, 0) is 26.3 Å². The Kier molecular flexibility index (Phi) is 5.71. The molecular formula is C13H21O5P. The summed E-state index contributed by atoms with van der Waals surface area (Å²) in [6.45, 7) is 5.30. The molecule has 19 heavy (non-hydrogen) atoms. The number of benzene rings is 1. The standard InChI is InChI=1S/C13H21O5P/c1-11(19(14,15-4)16-5)17-18-13(2,3)12-9-7-6-8-10-12/h6-11H,1-5H3. The molecule has 0 aliphatic heterocycles. The molecule has 0 aliphatic rings. The van der Waals surface area contributed by atoms with Gasteiger partial charge in [0.1, 0.15) is 5.60 Å². The normalized spacial score (nSPS) is 14.4. The second-order valence-electron chi connectivity index (χ2n) is 4.56. The molecule has 108 valence electrons. The summed E-state index contributed by atoms with van der Waals surface area (Å²) in [6.07, 6.45) is 0. The van der Waals surface area contributed by atoms with E-state index in [2.05, 4.69) is 0 Å². The van der Waals surface area contributed by atoms with Gasteiger partial charge in [0.15, 0.2) is 5.85 Å². The third-order valence-electron chi connectivity index (χ3n) is 2.82. The predicted molar refractivity (Wildman–Crippen MR) is 72.7 cm³/mol. The molecule has 1 atom stereocenters. The molecule has 0 saturated heterocycles. The van der Waals surface area contributed by atoms with E-state index >= 15 is 0 Å². The summed E-state index contributed by atoms with van der Waals surface area (Å²) >= 11 is 0. The van der Waals surface area contributed by atoms with Crippen LogP contribution >= 0.6 is 7.60 Å². The molecule has 0 radical (unpaired) electrons. The van der Waals surface area contributed by atoms with E-state index in [0.717, 1.165) is 5.56 Å². The SMILES string of the molecule is COP(=O)(OC)C(C)OOC(C)(C)c1ccccc1. The second-order valence-corrected chi connectivity index (χ2v) is 7.10. The van der Waals surface area contributed by atoms with Crippen LogP contribution in [0.4, 0.5) is 0 Å². The summed E-state index contributed by atoms with van der Waals surface area (Å²) in [5.74, 6) is -0.814. The van der Waals surface area contributed by atoms with Gasteiger partial charge in [0, 0.05) is 14.2 Å². The Labute approximate surface area is 114 Å². The molecular weight excluding hydrogens is 267 g/mol. The van der Waals surface area contributed by atoms with Gasteiger partial charge >= 0.3 is 7.60 Å². The highest BCUT2D eigenvalue weighted by atomic mass is 31.2. The zero-order chi connectivity index (χ0) is 14.5. The molecule has 0 saturated carbocycles. The Bertz CT molecular complexity index is 424. The first-order chi connectivity index (χ1) is 8.85. The second kappa shape index (κ2) is 6.64. The van der Waals surface area contributed by atoms with Crippen molar-refractivity contribution in [3.63, 3.8) is 0 Å². The number of hydrogen-bond acceptors (Lipinski definition) is 5. The maximum atomic E-state index is 12.1. The van der Waals surface area contributed by atoms with Crippen LogP contribution in [-0.2, 0) is 29.0 Å². The minimum absolute atomic E-state index is 0.665. The Morgan fingerprint density at radius 2 is 1.63 bits per heavy atom. The molecule has 1 aromatic carbocycles. The lowest BCUT2D eigenvalue weighted by atomic mass is 9.99. The van der Waals surface area contributed by atoms with Gasteiger partial charge in [-0.15, -0.1) is 0 Å². The molecule has 6 heteroatoms. The smallest absolute Gasteiger partial charge is 0.310 e. The van der Waals surface area contributed by atoms with Crippen molar-refractivity contribution in [3.05, 3.63) is 35.9 Å². The summed E-state index contributed by atoms with van der Waals surface area (Å²) in [7, 11) is -0.673. The zero-order valence-corrected chi connectivity index (χ0v) is 12.8. The lowest BCUT2D eigenvalue weighted by Crippen LogP contribution is -2.25. The third kappa shape index (κ3) is 4.13. The maximum Gasteiger partial charge on any atom is 0.361 e. The third-order valence-corrected chi connectivity index (χ3v) is 4.81. The van der Waals surface area contributed by atoms with E-state index in [1.165, 1.54) is 14.2 Å². The molecule has 0 fully saturated rings. The summed E-state index contributed by atoms with van der Waals surface area (Å²) in [5.41, 5.74) is 0.286. The lowest BCUT2D eigenvalue weighted by Gasteiger charge is -2.27. The average molecular weight is 288 g/mol. The lowest BCUT2D eigenvalue weighted by molar-refractivity contribution is -0.367. The van der Waals surface area contributed by atoms with E-state index in [1.54, 1.807) is 6.92 Å². The first-order valence-electron chi connectivity index (χ1n) is 5.97. The van der Waals surface area contributed by atoms with Crippen molar-refractivity contribution < 1.29 is 23.4 Å². The molecule has 5 nitrogen and oxygen atoms in total. The van der Waals surface area contributed by atoms with Gasteiger partial charge < -0.3 is 9.05 Å². The first kappa shape index (κ1) is 16.3. The number of hydrogen-bond donors (Lipinski definition) is 0. The van der Waals surface area contributed by atoms with E-state index in [4.69, 9.17) is 18.8 Å². The van der Waals surface area contributed by atoms with Crippen LogP contribution < -0.4 is 0 Å². The van der Waals surface area contributed by atoms with E-state index < -0.39 is 19.0 Å². The highest BCUT2D eigenvalue weighted by molar-refractivity contribution is 7.54. The summed E-state index contributed by atoms with van der Waals surface area (Å²) in [4.78, 5) is 10.6. The van der Waals surface area contributed by atoms with Crippen molar-refractivity contribution in [1.29, 1.82) is 0 Å². The minimum atomic E-state index is -3.30. The van der Waals surface area contributed by atoms with Crippen molar-refractivity contribution in [2.45, 2.75) is 32.2 Å². The highest BCUT2D eigenvalue weighted by Crippen LogP contribution is 2.52. The van der Waals surface area contributed by atoms with E-state index in [9.17, 15) is 4.57 Å². The Morgan fingerprint density at radius 1 is 1.11 bits per heavy atom. The summed E-state index contributed by atoms with van der Waals surface area (Å²) < 4.78 is 21.8. The van der Waals surface area contributed by atoms with Gasteiger partial charge in [0.05, 0.1) is 0 Å². The van der Waals surface area contributed by atoms with Gasteiger partial charge in [-0.2, -0.15) is 0 Å². The monoisotopic (exact) mass is 288 g/mol. The molecule has 0 amide bonds. The van der Waals surface area contributed by atoms with Crippen LogP contribution in [0.25, 0.3) is 0 Å². The molecule has 0 heterocycles. The first-order valence-corrected chi connectivity index (χ1v) is 7.58. The van der Waals surface area contributed by atoms with Gasteiger partial charge in [-0.1, -0.05) is 30.3 Å². The Balaban J connectivity index is 2.69. The average Bonchev–Trinajstić information content (AvgIpc) is 2.44. The fourth-order valence-electron chi connectivity index (χ4n) is 1.50. The molecule has 1 aromatic rings. The highest BCUT2D eigenvalue weighted by Gasteiger charge is 2.34. The van der Waals surface area contributed by atoms with Crippen molar-refractivity contribution in [2.24, 2.45) is 0 Å². The van der Waals surface area contributed by atoms with Gasteiger partial charge in [0.2, 0.25) is 0 Å². The molecule has 1 unspecified atom stereocenters. The van der Waals surface area contributed by atoms with Gasteiger partial charge in [-0.25, -0.2) is 9.78 Å². The van der Waals surface area contributed by atoms with Crippen LogP contribution in [0.15, 0.2) is 30.3 Å². The predicted octanol–water partition coefficient (Wildman–Crippen LogP) is 3.70. The molecule has 0 spiro atoms. The summed E-state index contributed by atoms with van der Waals surface area (Å²) in [5, 5.41) is 0. The molecule has 1 rings (SSSR count). The van der Waals surface area contributed by atoms with Crippen LogP contribution in [-0.4, -0.2) is 20.1 Å². The largest absolute Gasteiger partial charge is 0.361 e. The Morgan fingerprint density at radius 3 is 2.11 bits per heavy atom. The maximum absolute atomic E-state index is 12.1. The van der Waals surface area contributed by atoms with E-state index in [-0.39, 0.29) is 0 Å². The summed E-state index contributed by atoms with van der Waals surface area (Å²) in [6, 6.07) is 9.62. The fraction of sp³-hybridized carbons (Fsp3) is 0.538. The number of rotatable bonds is 7. The van der Waals surface area contributed by atoms with Crippen molar-refractivity contribution in [2.75, 3.05) is 14.2 Å². The molecule has 0 aliphatic carbocycles.